The molecule has 3 rings (SSSR count). The summed E-state index contributed by atoms with van der Waals surface area (Å²) in [5, 5.41) is 3.62. The van der Waals surface area contributed by atoms with Crippen LogP contribution in [0, 0.1) is 0 Å². The molecule has 23 heavy (non-hydrogen) atoms. The summed E-state index contributed by atoms with van der Waals surface area (Å²) >= 11 is 0. The summed E-state index contributed by atoms with van der Waals surface area (Å²) in [5.41, 5.74) is 0.548. The molecule has 1 saturated heterocycles. The lowest BCUT2D eigenvalue weighted by molar-refractivity contribution is -0.128. The van der Waals surface area contributed by atoms with Crippen LogP contribution in [-0.2, 0) is 4.79 Å². The van der Waals surface area contributed by atoms with Gasteiger partial charge in [-0.2, -0.15) is 0 Å². The number of piperazine rings is 1. The number of nitrogens with zero attached hydrogens (tertiary/aromatic N) is 1. The lowest BCUT2D eigenvalue weighted by atomic mass is 10.1. The van der Waals surface area contributed by atoms with Crippen LogP contribution in [0.15, 0.2) is 28.7 Å². The molecule has 1 aliphatic heterocycles. The molecule has 0 bridgehead atoms. The van der Waals surface area contributed by atoms with E-state index in [0.29, 0.717) is 30.8 Å². The van der Waals surface area contributed by atoms with Crippen molar-refractivity contribution in [2.45, 2.75) is 25.8 Å². The van der Waals surface area contributed by atoms with Crippen molar-refractivity contribution in [2.75, 3.05) is 20.2 Å². The number of carbonyl (C=O) groups is 2. The molecule has 1 N–H and O–H groups in total. The predicted octanol–water partition coefficient (Wildman–Crippen LogP) is 2.18. The zero-order valence-electron chi connectivity index (χ0n) is 13.3. The summed E-state index contributed by atoms with van der Waals surface area (Å²) in [4.78, 5) is 26.5. The summed E-state index contributed by atoms with van der Waals surface area (Å²) in [7, 11) is 1.56. The number of para-hydroxylation sites is 1. The minimum Gasteiger partial charge on any atom is -0.493 e. The topological polar surface area (TPSA) is 71.8 Å². The van der Waals surface area contributed by atoms with Gasteiger partial charge in [-0.1, -0.05) is 25.5 Å². The number of ether oxygens (including phenoxy) is 1. The molecule has 0 saturated carbocycles. The molecule has 1 fully saturated rings. The van der Waals surface area contributed by atoms with Crippen LogP contribution in [0.25, 0.3) is 11.0 Å². The predicted molar refractivity (Wildman–Crippen MR) is 85.5 cm³/mol. The summed E-state index contributed by atoms with van der Waals surface area (Å²) in [6, 6.07) is 6.77. The number of rotatable bonds is 4. The zero-order valence-corrected chi connectivity index (χ0v) is 13.3. The molecule has 2 heterocycles. The first-order valence-electron chi connectivity index (χ1n) is 7.81. The van der Waals surface area contributed by atoms with Crippen LogP contribution in [0.4, 0.5) is 0 Å². The van der Waals surface area contributed by atoms with Crippen molar-refractivity contribution in [2.24, 2.45) is 0 Å². The first-order chi connectivity index (χ1) is 11.2. The summed E-state index contributed by atoms with van der Waals surface area (Å²) in [6.07, 6.45) is 1.47. The smallest absolute Gasteiger partial charge is 0.290 e. The van der Waals surface area contributed by atoms with E-state index in [-0.39, 0.29) is 17.6 Å². The van der Waals surface area contributed by atoms with E-state index in [4.69, 9.17) is 9.15 Å². The number of nitrogens with one attached hydrogen (secondary N) is 1. The first kappa shape index (κ1) is 15.4. The summed E-state index contributed by atoms with van der Waals surface area (Å²) in [5.74, 6) is 0.472. The fraction of sp³-hybridized carbons (Fsp3) is 0.412. The molecule has 1 aromatic carbocycles. The van der Waals surface area contributed by atoms with E-state index in [9.17, 15) is 9.59 Å². The van der Waals surface area contributed by atoms with Crippen LogP contribution in [0.2, 0.25) is 0 Å². The Morgan fingerprint density at radius 3 is 3.04 bits per heavy atom. The van der Waals surface area contributed by atoms with Crippen LogP contribution in [0.3, 0.4) is 0 Å². The third kappa shape index (κ3) is 2.76. The van der Waals surface area contributed by atoms with E-state index in [2.05, 4.69) is 5.32 Å². The molecule has 0 spiro atoms. The molecular weight excluding hydrogens is 296 g/mol. The maximum atomic E-state index is 12.8. The molecule has 2 aromatic rings. The average molecular weight is 316 g/mol. The van der Waals surface area contributed by atoms with Gasteiger partial charge in [0, 0.05) is 18.5 Å². The minimum atomic E-state index is -0.434. The van der Waals surface area contributed by atoms with Gasteiger partial charge in [0.2, 0.25) is 5.91 Å². The van der Waals surface area contributed by atoms with E-state index < -0.39 is 6.04 Å². The lowest BCUT2D eigenvalue weighted by Crippen LogP contribution is -2.57. The number of furan rings is 1. The van der Waals surface area contributed by atoms with Crippen molar-refractivity contribution >= 4 is 22.8 Å². The Kier molecular flexibility index (Phi) is 4.23. The molecule has 122 valence electrons. The van der Waals surface area contributed by atoms with E-state index in [1.54, 1.807) is 24.1 Å². The maximum absolute atomic E-state index is 12.8. The third-order valence-corrected chi connectivity index (χ3v) is 4.09. The molecule has 1 aromatic heterocycles. The Morgan fingerprint density at radius 2 is 2.30 bits per heavy atom. The number of methoxy groups -OCH3 is 1. The van der Waals surface area contributed by atoms with Crippen LogP contribution < -0.4 is 10.1 Å². The van der Waals surface area contributed by atoms with Crippen LogP contribution in [0.5, 0.6) is 5.75 Å². The number of carbonyl (C=O) groups excluding carboxylic acids is 2. The molecule has 0 radical (unpaired) electrons. The number of amides is 2. The maximum Gasteiger partial charge on any atom is 0.290 e. The van der Waals surface area contributed by atoms with E-state index in [0.717, 1.165) is 11.8 Å². The van der Waals surface area contributed by atoms with Gasteiger partial charge in [-0.3, -0.25) is 9.59 Å². The minimum absolute atomic E-state index is 0.0971. The van der Waals surface area contributed by atoms with Gasteiger partial charge in [-0.25, -0.2) is 0 Å². The Balaban J connectivity index is 1.94. The van der Waals surface area contributed by atoms with Crippen molar-refractivity contribution in [3.8, 4) is 5.75 Å². The second-order valence-corrected chi connectivity index (χ2v) is 5.58. The van der Waals surface area contributed by atoms with Gasteiger partial charge in [0.25, 0.3) is 5.91 Å². The van der Waals surface area contributed by atoms with Gasteiger partial charge in [-0.05, 0) is 18.6 Å². The molecule has 1 atom stereocenters. The second-order valence-electron chi connectivity index (χ2n) is 5.58. The highest BCUT2D eigenvalue weighted by Crippen LogP contribution is 2.29. The molecule has 6 nitrogen and oxygen atoms in total. The molecule has 1 aliphatic rings. The van der Waals surface area contributed by atoms with Crippen molar-refractivity contribution in [1.82, 2.24) is 10.2 Å². The van der Waals surface area contributed by atoms with Crippen molar-refractivity contribution in [3.05, 3.63) is 30.0 Å². The Labute approximate surface area is 134 Å². The Hall–Kier alpha value is -2.50. The van der Waals surface area contributed by atoms with Crippen LogP contribution >= 0.6 is 0 Å². The average Bonchev–Trinajstić information content (AvgIpc) is 3.00. The lowest BCUT2D eigenvalue weighted by Gasteiger charge is -2.34. The monoisotopic (exact) mass is 316 g/mol. The van der Waals surface area contributed by atoms with Gasteiger partial charge in [0.1, 0.15) is 6.04 Å². The van der Waals surface area contributed by atoms with Gasteiger partial charge in [0.15, 0.2) is 17.1 Å². The number of fused-ring (bicyclic) bond motifs is 1. The van der Waals surface area contributed by atoms with Gasteiger partial charge < -0.3 is 19.4 Å². The van der Waals surface area contributed by atoms with E-state index in [1.165, 1.54) is 0 Å². The van der Waals surface area contributed by atoms with Gasteiger partial charge in [0.05, 0.1) is 7.11 Å². The van der Waals surface area contributed by atoms with Gasteiger partial charge in [-0.15, -0.1) is 0 Å². The number of hydrogen-bond acceptors (Lipinski definition) is 4. The Bertz CT molecular complexity index is 737. The van der Waals surface area contributed by atoms with Crippen molar-refractivity contribution in [3.63, 3.8) is 0 Å². The SMILES string of the molecule is CCCC1C(=O)NCCN1C(=O)c1cc2cccc(OC)c2o1. The molecule has 6 heteroatoms. The summed E-state index contributed by atoms with van der Waals surface area (Å²) in [6.45, 7) is 2.95. The van der Waals surface area contributed by atoms with Gasteiger partial charge >= 0.3 is 0 Å². The van der Waals surface area contributed by atoms with Crippen molar-refractivity contribution in [1.29, 1.82) is 0 Å². The molecule has 2 amide bonds. The normalized spacial score (nSPS) is 18.1. The molecule has 1 unspecified atom stereocenters. The Morgan fingerprint density at radius 1 is 1.48 bits per heavy atom. The fourth-order valence-electron chi connectivity index (χ4n) is 2.96. The summed E-state index contributed by atoms with van der Waals surface area (Å²) < 4.78 is 11.0. The number of benzene rings is 1. The fourth-order valence-corrected chi connectivity index (χ4v) is 2.96. The second kappa shape index (κ2) is 6.32. The van der Waals surface area contributed by atoms with E-state index >= 15 is 0 Å². The highest BCUT2D eigenvalue weighted by Gasteiger charge is 2.34. The largest absolute Gasteiger partial charge is 0.493 e. The third-order valence-electron chi connectivity index (χ3n) is 4.09. The van der Waals surface area contributed by atoms with Crippen LogP contribution in [0.1, 0.15) is 30.3 Å². The quantitative estimate of drug-likeness (QED) is 0.938. The first-order valence-corrected chi connectivity index (χ1v) is 7.81. The molecular formula is C17H20N2O4. The van der Waals surface area contributed by atoms with E-state index in [1.807, 2.05) is 19.1 Å². The number of hydrogen-bond donors (Lipinski definition) is 1. The standard InChI is InChI=1S/C17H20N2O4/c1-3-5-12-16(20)18-8-9-19(12)17(21)14-10-11-6-4-7-13(22-2)15(11)23-14/h4,6-7,10,12H,3,5,8-9H2,1-2H3,(H,18,20). The van der Waals surface area contributed by atoms with Crippen LogP contribution in [-0.4, -0.2) is 43.0 Å². The highest BCUT2D eigenvalue weighted by molar-refractivity contribution is 6.00. The molecule has 0 aliphatic carbocycles. The van der Waals surface area contributed by atoms with Crippen molar-refractivity contribution < 1.29 is 18.7 Å². The zero-order chi connectivity index (χ0) is 16.4. The highest BCUT2D eigenvalue weighted by atomic mass is 16.5.